The molecule has 0 unspecified atom stereocenters. The number of carbonyl (C=O) groups is 3. The summed E-state index contributed by atoms with van der Waals surface area (Å²) in [5.74, 6) is -0.991. The molecule has 138 valence electrons. The van der Waals surface area contributed by atoms with E-state index in [1.807, 2.05) is 27.7 Å². The van der Waals surface area contributed by atoms with Gasteiger partial charge in [-0.05, 0) is 32.8 Å². The molecule has 0 aromatic heterocycles. The molecule has 0 aromatic rings. The van der Waals surface area contributed by atoms with Crippen molar-refractivity contribution in [1.29, 1.82) is 0 Å². The Kier molecular flexibility index (Phi) is 9.51. The average molecular weight is 341 g/mol. The zero-order valence-corrected chi connectivity index (χ0v) is 15.5. The Morgan fingerprint density at radius 2 is 1.79 bits per heavy atom. The van der Waals surface area contributed by atoms with Crippen molar-refractivity contribution < 1.29 is 24.2 Å². The summed E-state index contributed by atoms with van der Waals surface area (Å²) < 4.78 is 6.00. The van der Waals surface area contributed by atoms with Crippen LogP contribution >= 0.6 is 0 Å². The Hall–Kier alpha value is -1.69. The first-order chi connectivity index (χ1) is 11.0. The normalized spacial score (nSPS) is 12.4. The Labute approximate surface area is 144 Å². The van der Waals surface area contributed by atoms with Gasteiger partial charge >= 0.3 is 5.97 Å². The molecule has 0 atom stereocenters. The number of aliphatic carboxylic acids is 1. The number of likely N-dealkylation sites (N-methyl/N-ethyl adjacent to an activating group) is 1. The molecule has 0 spiro atoms. The molecule has 0 bridgehead atoms. The van der Waals surface area contributed by atoms with Gasteiger partial charge in [0.15, 0.2) is 0 Å². The predicted molar refractivity (Wildman–Crippen MR) is 92.8 cm³/mol. The Bertz CT molecular complexity index is 454. The fourth-order valence-corrected chi connectivity index (χ4v) is 2.30. The number of hydrogen-bond donors (Lipinski definition) is 1. The number of ether oxygens (including phenoxy) is 1. The van der Waals surface area contributed by atoms with Gasteiger partial charge in [-0.2, -0.15) is 0 Å². The van der Waals surface area contributed by atoms with E-state index in [2.05, 4.69) is 0 Å². The van der Waals surface area contributed by atoms with Gasteiger partial charge in [0.25, 0.3) is 0 Å². The van der Waals surface area contributed by atoms with Crippen molar-refractivity contribution in [2.75, 3.05) is 20.2 Å². The molecule has 0 saturated heterocycles. The van der Waals surface area contributed by atoms with E-state index in [0.717, 1.165) is 12.8 Å². The average Bonchev–Trinajstić information content (AvgIpc) is 2.47. The van der Waals surface area contributed by atoms with Crippen molar-refractivity contribution in [2.45, 2.75) is 59.0 Å². The molecular weight excluding hydrogens is 310 g/mol. The van der Waals surface area contributed by atoms with Gasteiger partial charge in [0.05, 0.1) is 12.2 Å². The molecule has 0 radical (unpaired) electrons. The molecular formula is C18H31NO5. The fraction of sp³-hybridized carbons (Fsp3) is 0.722. The van der Waals surface area contributed by atoms with E-state index in [1.54, 1.807) is 11.9 Å². The van der Waals surface area contributed by atoms with E-state index >= 15 is 0 Å². The number of amides is 1. The number of aldehydes is 1. The molecule has 0 aliphatic carbocycles. The molecule has 24 heavy (non-hydrogen) atoms. The highest BCUT2D eigenvalue weighted by atomic mass is 16.5. The number of rotatable bonds is 12. The van der Waals surface area contributed by atoms with Gasteiger partial charge in [-0.25, -0.2) is 0 Å². The summed E-state index contributed by atoms with van der Waals surface area (Å²) in [6.45, 7) is 9.00. The summed E-state index contributed by atoms with van der Waals surface area (Å²) >= 11 is 0. The first kappa shape index (κ1) is 22.3. The van der Waals surface area contributed by atoms with Crippen molar-refractivity contribution >= 4 is 18.2 Å². The minimum Gasteiger partial charge on any atom is -0.481 e. The first-order valence-corrected chi connectivity index (χ1v) is 8.22. The van der Waals surface area contributed by atoms with Crippen LogP contribution in [0, 0.1) is 5.41 Å². The predicted octanol–water partition coefficient (Wildman–Crippen LogP) is 2.67. The van der Waals surface area contributed by atoms with E-state index in [0.29, 0.717) is 25.9 Å². The molecule has 0 fully saturated rings. The second-order valence-corrected chi connectivity index (χ2v) is 7.50. The fourth-order valence-electron chi connectivity index (χ4n) is 2.30. The molecule has 6 heteroatoms. The third-order valence-corrected chi connectivity index (χ3v) is 3.63. The number of carboxylic acid groups (broad SMARTS) is 1. The van der Waals surface area contributed by atoms with Crippen molar-refractivity contribution in [1.82, 2.24) is 4.90 Å². The van der Waals surface area contributed by atoms with Crippen LogP contribution in [0.4, 0.5) is 0 Å². The number of hydrogen-bond acceptors (Lipinski definition) is 4. The topological polar surface area (TPSA) is 83.9 Å². The Balaban J connectivity index is 4.33. The quantitative estimate of drug-likeness (QED) is 0.335. The Morgan fingerprint density at radius 1 is 1.17 bits per heavy atom. The highest BCUT2D eigenvalue weighted by molar-refractivity contribution is 5.90. The van der Waals surface area contributed by atoms with Gasteiger partial charge in [0, 0.05) is 31.5 Å². The number of unbranched alkanes of at least 4 members (excludes halogenated alkanes) is 1. The lowest BCUT2D eigenvalue weighted by Crippen LogP contribution is -2.40. The Morgan fingerprint density at radius 3 is 2.33 bits per heavy atom. The van der Waals surface area contributed by atoms with Crippen LogP contribution in [0.1, 0.15) is 53.4 Å². The number of carboxylic acids is 1. The van der Waals surface area contributed by atoms with E-state index in [9.17, 15) is 14.4 Å². The van der Waals surface area contributed by atoms with E-state index < -0.39 is 5.97 Å². The minimum atomic E-state index is -0.772. The lowest BCUT2D eigenvalue weighted by molar-refractivity contribution is -0.137. The largest absolute Gasteiger partial charge is 0.481 e. The maximum Gasteiger partial charge on any atom is 0.303 e. The van der Waals surface area contributed by atoms with E-state index in [4.69, 9.17) is 9.84 Å². The van der Waals surface area contributed by atoms with Gasteiger partial charge in [0.2, 0.25) is 5.91 Å². The van der Waals surface area contributed by atoms with Crippen molar-refractivity contribution in [3.05, 3.63) is 12.2 Å². The maximum atomic E-state index is 11.8. The van der Waals surface area contributed by atoms with Crippen molar-refractivity contribution in [3.8, 4) is 0 Å². The van der Waals surface area contributed by atoms with Gasteiger partial charge in [-0.3, -0.25) is 14.4 Å². The van der Waals surface area contributed by atoms with Crippen molar-refractivity contribution in [2.24, 2.45) is 5.41 Å². The van der Waals surface area contributed by atoms with Crippen LogP contribution in [0.15, 0.2) is 12.2 Å². The summed E-state index contributed by atoms with van der Waals surface area (Å²) in [4.78, 5) is 34.1. The van der Waals surface area contributed by atoms with Crippen LogP contribution in [0.2, 0.25) is 0 Å². The molecule has 0 heterocycles. The lowest BCUT2D eigenvalue weighted by Gasteiger charge is -2.34. The van der Waals surface area contributed by atoms with Gasteiger partial charge in [0.1, 0.15) is 6.29 Å². The second kappa shape index (κ2) is 10.2. The van der Waals surface area contributed by atoms with Crippen LogP contribution in [-0.2, 0) is 19.1 Å². The zero-order chi connectivity index (χ0) is 18.8. The molecule has 1 amide bonds. The maximum absolute atomic E-state index is 11.8. The SMILES string of the molecule is CN(CC(C)(C)COC(C)(C)CCCCC(=O)O)C(=O)/C=C\C=O. The summed E-state index contributed by atoms with van der Waals surface area (Å²) in [5, 5.41) is 8.65. The molecule has 0 saturated carbocycles. The van der Waals surface area contributed by atoms with E-state index in [1.165, 1.54) is 12.2 Å². The highest BCUT2D eigenvalue weighted by Crippen LogP contribution is 2.24. The van der Waals surface area contributed by atoms with Crippen LogP contribution in [-0.4, -0.2) is 54.0 Å². The monoisotopic (exact) mass is 341 g/mol. The molecule has 6 nitrogen and oxygen atoms in total. The summed E-state index contributed by atoms with van der Waals surface area (Å²) in [5.41, 5.74) is -0.576. The zero-order valence-electron chi connectivity index (χ0n) is 15.5. The van der Waals surface area contributed by atoms with Crippen LogP contribution in [0.3, 0.4) is 0 Å². The molecule has 0 rings (SSSR count). The van der Waals surface area contributed by atoms with Crippen LogP contribution < -0.4 is 0 Å². The van der Waals surface area contributed by atoms with Gasteiger partial charge in [-0.15, -0.1) is 0 Å². The van der Waals surface area contributed by atoms with Crippen LogP contribution in [0.5, 0.6) is 0 Å². The van der Waals surface area contributed by atoms with Gasteiger partial charge in [-0.1, -0.05) is 20.3 Å². The van der Waals surface area contributed by atoms with E-state index in [-0.39, 0.29) is 23.3 Å². The molecule has 1 N–H and O–H groups in total. The van der Waals surface area contributed by atoms with Gasteiger partial charge < -0.3 is 14.7 Å². The molecule has 0 aromatic carbocycles. The summed E-state index contributed by atoms with van der Waals surface area (Å²) in [7, 11) is 1.69. The number of carbonyl (C=O) groups excluding carboxylic acids is 2. The number of allylic oxidation sites excluding steroid dienone is 1. The second-order valence-electron chi connectivity index (χ2n) is 7.50. The lowest BCUT2D eigenvalue weighted by atomic mass is 9.93. The standard InChI is InChI=1S/C18H31NO5/c1-17(2,13-19(5)15(21)9-8-12-20)14-24-18(3,4)11-7-6-10-16(22)23/h8-9,12H,6-7,10-11,13-14H2,1-5H3,(H,22,23)/b9-8-. The highest BCUT2D eigenvalue weighted by Gasteiger charge is 2.27. The summed E-state index contributed by atoms with van der Waals surface area (Å²) in [6.07, 6.45) is 5.42. The number of nitrogens with zero attached hydrogens (tertiary/aromatic N) is 1. The first-order valence-electron chi connectivity index (χ1n) is 8.22. The minimum absolute atomic E-state index is 0.183. The molecule has 0 aliphatic heterocycles. The van der Waals surface area contributed by atoms with Crippen LogP contribution in [0.25, 0.3) is 0 Å². The third kappa shape index (κ3) is 10.9. The van der Waals surface area contributed by atoms with Crippen molar-refractivity contribution in [3.63, 3.8) is 0 Å². The third-order valence-electron chi connectivity index (χ3n) is 3.63. The molecule has 0 aliphatic rings. The smallest absolute Gasteiger partial charge is 0.303 e. The summed E-state index contributed by atoms with van der Waals surface area (Å²) in [6, 6.07) is 0.